The number of ketones is 1. The molecule has 180 valence electrons. The van der Waals surface area contributed by atoms with Gasteiger partial charge in [0.1, 0.15) is 30.4 Å². The zero-order valence-corrected chi connectivity index (χ0v) is 20.0. The molecule has 3 saturated carbocycles. The molecule has 3 aliphatic rings. The Kier molecular flexibility index (Phi) is 7.41. The van der Waals surface area contributed by atoms with Gasteiger partial charge in [-0.05, 0) is 86.2 Å². The quantitative estimate of drug-likeness (QED) is 0.487. The first-order chi connectivity index (χ1) is 15.8. The molecule has 3 nitrogen and oxygen atoms in total. The summed E-state index contributed by atoms with van der Waals surface area (Å²) in [7, 11) is 0. The maximum Gasteiger partial charge on any atom is 0.173 e. The second-order valence-electron chi connectivity index (χ2n) is 11.2. The summed E-state index contributed by atoms with van der Waals surface area (Å²) in [5.41, 5.74) is -0.0898. The third kappa shape index (κ3) is 5.10. The zero-order valence-electron chi connectivity index (χ0n) is 20.0. The molecule has 3 aliphatic carbocycles. The molecule has 0 heterocycles. The van der Waals surface area contributed by atoms with Crippen LogP contribution < -0.4 is 4.74 Å². The summed E-state index contributed by atoms with van der Waals surface area (Å²) in [4.78, 5) is 13.2. The van der Waals surface area contributed by atoms with E-state index in [1.165, 1.54) is 31.0 Å². The second-order valence-corrected chi connectivity index (χ2v) is 11.2. The summed E-state index contributed by atoms with van der Waals surface area (Å²) < 4.78 is 34.1. The molecular formula is C28H37F2NO2. The van der Waals surface area contributed by atoms with Gasteiger partial charge in [-0.2, -0.15) is 5.26 Å². The average Bonchev–Trinajstić information content (AvgIpc) is 3.13. The maximum atomic E-state index is 14.6. The lowest BCUT2D eigenvalue weighted by atomic mass is 9.55. The molecule has 0 saturated heterocycles. The predicted octanol–water partition coefficient (Wildman–Crippen LogP) is 7.03. The predicted molar refractivity (Wildman–Crippen MR) is 124 cm³/mol. The smallest absolute Gasteiger partial charge is 0.173 e. The van der Waals surface area contributed by atoms with Crippen LogP contribution in [0.4, 0.5) is 8.78 Å². The molecule has 0 radical (unpaired) electrons. The molecule has 0 amide bonds. The summed E-state index contributed by atoms with van der Waals surface area (Å²) in [6.07, 6.45) is 9.23. The molecule has 4 rings (SSSR count). The highest BCUT2D eigenvalue weighted by molar-refractivity contribution is 5.83. The third-order valence-corrected chi connectivity index (χ3v) is 9.16. The van der Waals surface area contributed by atoms with E-state index in [9.17, 15) is 13.6 Å². The Hall–Kier alpha value is -1.96. The Balaban J connectivity index is 1.42. The molecule has 0 aromatic heterocycles. The van der Waals surface area contributed by atoms with Crippen LogP contribution in [-0.2, 0) is 4.79 Å². The molecular weight excluding hydrogens is 420 g/mol. The van der Waals surface area contributed by atoms with Crippen LogP contribution in [0.1, 0.15) is 83.6 Å². The van der Waals surface area contributed by atoms with Crippen molar-refractivity contribution in [2.45, 2.75) is 84.2 Å². The first-order valence-corrected chi connectivity index (χ1v) is 12.8. The van der Waals surface area contributed by atoms with Crippen molar-refractivity contribution in [3.8, 4) is 11.8 Å². The molecule has 1 aromatic carbocycles. The second kappa shape index (κ2) is 10.1. The number of rotatable bonds is 4. The molecule has 2 unspecified atom stereocenters. The number of alkyl halides is 1. The van der Waals surface area contributed by atoms with Crippen molar-refractivity contribution >= 4 is 5.78 Å². The van der Waals surface area contributed by atoms with Crippen molar-refractivity contribution in [2.75, 3.05) is 6.61 Å². The highest BCUT2D eigenvalue weighted by Gasteiger charge is 2.55. The minimum absolute atomic E-state index is 0.0349. The summed E-state index contributed by atoms with van der Waals surface area (Å²) in [6, 6.07) is 5.87. The number of Topliss-reactive ketones (excluding diaryl/α,β-unsaturated/α-hetero) is 1. The standard InChI is InChI=1S/C28H37F2NO2/c1-18-4-3-5-19-12-13-28(2)24(23(19)9-7-21(29)14-18)10-11-25(28)27(32)17-33-22-8-6-20(16-31)26(30)15-22/h6,8,15,18-19,21,23-25H,3-5,7,9-14,17H2,1-2H3/t18-,19?,21+,23+,24?,25+,28-/m0/s1. The topological polar surface area (TPSA) is 50.1 Å². The van der Waals surface area contributed by atoms with Gasteiger partial charge < -0.3 is 4.74 Å². The molecule has 3 fully saturated rings. The van der Waals surface area contributed by atoms with Gasteiger partial charge in [0, 0.05) is 12.0 Å². The van der Waals surface area contributed by atoms with Crippen LogP contribution in [-0.4, -0.2) is 18.6 Å². The Morgan fingerprint density at radius 1 is 1.18 bits per heavy atom. The molecule has 1 aromatic rings. The number of hydrogen-bond acceptors (Lipinski definition) is 3. The molecule has 0 aliphatic heterocycles. The van der Waals surface area contributed by atoms with E-state index in [0.29, 0.717) is 36.5 Å². The summed E-state index contributed by atoms with van der Waals surface area (Å²) in [6.45, 7) is 4.39. The van der Waals surface area contributed by atoms with Gasteiger partial charge in [0.2, 0.25) is 0 Å². The minimum atomic E-state index is -0.702. The van der Waals surface area contributed by atoms with Crippen LogP contribution in [0.5, 0.6) is 5.75 Å². The van der Waals surface area contributed by atoms with E-state index in [-0.39, 0.29) is 35.0 Å². The Bertz CT molecular complexity index is 896. The fraction of sp³-hybridized carbons (Fsp3) is 0.714. The van der Waals surface area contributed by atoms with Crippen LogP contribution >= 0.6 is 0 Å². The van der Waals surface area contributed by atoms with Crippen LogP contribution in [0.25, 0.3) is 0 Å². The number of hydrogen-bond donors (Lipinski definition) is 0. The van der Waals surface area contributed by atoms with Gasteiger partial charge in [0.25, 0.3) is 0 Å². The van der Waals surface area contributed by atoms with E-state index < -0.39 is 12.0 Å². The van der Waals surface area contributed by atoms with Gasteiger partial charge in [0.15, 0.2) is 5.78 Å². The maximum absolute atomic E-state index is 14.6. The largest absolute Gasteiger partial charge is 0.486 e. The van der Waals surface area contributed by atoms with Crippen molar-refractivity contribution in [3.63, 3.8) is 0 Å². The minimum Gasteiger partial charge on any atom is -0.486 e. The SMILES string of the molecule is C[C@H]1CCCC2CC[C@@]3(C)C(CC[C@@H]3C(=O)COc3ccc(C#N)c(F)c3)[C@@H]2CC[C@@H](F)C1. The van der Waals surface area contributed by atoms with Crippen LogP contribution in [0.2, 0.25) is 0 Å². The van der Waals surface area contributed by atoms with E-state index >= 15 is 0 Å². The van der Waals surface area contributed by atoms with Crippen molar-refractivity contribution in [1.29, 1.82) is 5.26 Å². The third-order valence-electron chi connectivity index (χ3n) is 9.16. The number of carbonyl (C=O) groups excluding carboxylic acids is 1. The number of ether oxygens (including phenoxy) is 1. The monoisotopic (exact) mass is 457 g/mol. The van der Waals surface area contributed by atoms with Crippen LogP contribution in [0.15, 0.2) is 18.2 Å². The number of nitrogens with zero attached hydrogens (tertiary/aromatic N) is 1. The van der Waals surface area contributed by atoms with Gasteiger partial charge in [-0.25, -0.2) is 8.78 Å². The molecule has 33 heavy (non-hydrogen) atoms. The van der Waals surface area contributed by atoms with E-state index in [1.807, 2.05) is 0 Å². The van der Waals surface area contributed by atoms with E-state index in [0.717, 1.165) is 38.5 Å². The summed E-state index contributed by atoms with van der Waals surface area (Å²) in [5, 5.41) is 8.87. The van der Waals surface area contributed by atoms with Gasteiger partial charge in [-0.3, -0.25) is 4.79 Å². The normalized spacial score (nSPS) is 36.8. The van der Waals surface area contributed by atoms with Crippen molar-refractivity contribution in [1.82, 2.24) is 0 Å². The lowest BCUT2D eigenvalue weighted by Crippen LogP contribution is -2.44. The highest BCUT2D eigenvalue weighted by atomic mass is 19.1. The Morgan fingerprint density at radius 3 is 2.76 bits per heavy atom. The van der Waals surface area contributed by atoms with Gasteiger partial charge in [0.05, 0.1) is 5.56 Å². The number of carbonyl (C=O) groups is 1. The molecule has 0 N–H and O–H groups in total. The molecule has 0 bridgehead atoms. The number of halogens is 2. The Morgan fingerprint density at radius 2 is 2.00 bits per heavy atom. The van der Waals surface area contributed by atoms with Crippen molar-refractivity contribution in [3.05, 3.63) is 29.6 Å². The van der Waals surface area contributed by atoms with E-state index in [2.05, 4.69) is 13.8 Å². The Labute approximate surface area is 196 Å². The summed E-state index contributed by atoms with van der Waals surface area (Å²) in [5.74, 6) is 1.80. The zero-order chi connectivity index (χ0) is 23.6. The van der Waals surface area contributed by atoms with Gasteiger partial charge in [-0.15, -0.1) is 0 Å². The lowest BCUT2D eigenvalue weighted by molar-refractivity contribution is -0.130. The number of nitriles is 1. The van der Waals surface area contributed by atoms with Crippen molar-refractivity contribution in [2.24, 2.45) is 35.0 Å². The highest BCUT2D eigenvalue weighted by Crippen LogP contribution is 2.61. The van der Waals surface area contributed by atoms with Crippen molar-refractivity contribution < 1.29 is 18.3 Å². The number of benzene rings is 1. The first-order valence-electron chi connectivity index (χ1n) is 12.8. The van der Waals surface area contributed by atoms with Gasteiger partial charge in [-0.1, -0.05) is 33.1 Å². The summed E-state index contributed by atoms with van der Waals surface area (Å²) >= 11 is 0. The van der Waals surface area contributed by atoms with E-state index in [1.54, 1.807) is 6.07 Å². The van der Waals surface area contributed by atoms with Crippen LogP contribution in [0, 0.1) is 52.2 Å². The first kappa shape index (κ1) is 24.2. The van der Waals surface area contributed by atoms with Gasteiger partial charge >= 0.3 is 0 Å². The molecule has 5 heteroatoms. The number of fused-ring (bicyclic) bond motifs is 3. The fourth-order valence-electron chi connectivity index (χ4n) is 7.40. The van der Waals surface area contributed by atoms with Crippen LogP contribution in [0.3, 0.4) is 0 Å². The van der Waals surface area contributed by atoms with E-state index in [4.69, 9.17) is 10.00 Å². The molecule has 7 atom stereocenters. The fourth-order valence-corrected chi connectivity index (χ4v) is 7.40. The molecule has 0 spiro atoms. The average molecular weight is 458 g/mol. The lowest BCUT2D eigenvalue weighted by Gasteiger charge is -2.49.